The Morgan fingerprint density at radius 2 is 1.77 bits per heavy atom. The van der Waals surface area contributed by atoms with Gasteiger partial charge in [0.2, 0.25) is 0 Å². The molecule has 2 aromatic rings. The number of benzene rings is 1. The Balaban J connectivity index is 2.20. The third kappa shape index (κ3) is 5.51. The molecular weight excluding hydrogens is 425 g/mol. The average molecular weight is 448 g/mol. The molecule has 2 rings (SSSR count). The Bertz CT molecular complexity index is 1010. The molecule has 0 aliphatic heterocycles. The molecule has 0 saturated heterocycles. The number of nitrogens with one attached hydrogen (secondary N) is 2. The summed E-state index contributed by atoms with van der Waals surface area (Å²) in [6.45, 7) is 8.24. The largest absolute Gasteiger partial charge is 0.431 e. The summed E-state index contributed by atoms with van der Waals surface area (Å²) in [5, 5.41) is 2.56. The number of hydrogen-bond donors (Lipinski definition) is 2. The van der Waals surface area contributed by atoms with E-state index < -0.39 is 39.9 Å². The van der Waals surface area contributed by atoms with Crippen molar-refractivity contribution in [3.05, 3.63) is 41.3 Å². The van der Waals surface area contributed by atoms with Crippen molar-refractivity contribution in [3.63, 3.8) is 0 Å². The van der Waals surface area contributed by atoms with Crippen LogP contribution in [0.15, 0.2) is 28.9 Å². The van der Waals surface area contributed by atoms with E-state index in [0.717, 1.165) is 22.7 Å². The maximum atomic E-state index is 12.9. The molecule has 1 aromatic heterocycles. The van der Waals surface area contributed by atoms with Crippen molar-refractivity contribution in [2.75, 3.05) is 5.32 Å². The second-order valence-electron chi connectivity index (χ2n) is 7.14. The molecule has 0 radical (unpaired) electrons. The Hall–Kier alpha value is -2.60. The zero-order valence-electron chi connectivity index (χ0n) is 17.0. The van der Waals surface area contributed by atoms with Gasteiger partial charge in [0.05, 0.1) is 5.56 Å². The summed E-state index contributed by atoms with van der Waals surface area (Å²) in [4.78, 5) is 16.1. The van der Waals surface area contributed by atoms with Gasteiger partial charge < -0.3 is 9.73 Å². The standard InChI is InChI=1S/C18H23F3N4O4S/c1-10(2)25(11(3)4)30(27,28)24-16(26)15-9-29-17(23-15)22-14-8-13(18(19,20)21)7-6-12(14)5/h6-11H,1-5H3,(H,22,23)(H,24,26). The van der Waals surface area contributed by atoms with Gasteiger partial charge in [-0.05, 0) is 52.3 Å². The highest BCUT2D eigenvalue weighted by Crippen LogP contribution is 2.32. The number of aryl methyl sites for hydroxylation is 1. The molecule has 0 aliphatic rings. The van der Waals surface area contributed by atoms with Gasteiger partial charge in [-0.15, -0.1) is 0 Å². The fourth-order valence-electron chi connectivity index (χ4n) is 2.86. The van der Waals surface area contributed by atoms with Crippen molar-refractivity contribution in [2.24, 2.45) is 0 Å². The van der Waals surface area contributed by atoms with Crippen molar-refractivity contribution in [1.82, 2.24) is 14.0 Å². The molecule has 0 aliphatic carbocycles. The fraction of sp³-hybridized carbons (Fsp3) is 0.444. The molecule has 0 fully saturated rings. The van der Waals surface area contributed by atoms with Crippen molar-refractivity contribution in [2.45, 2.75) is 52.9 Å². The summed E-state index contributed by atoms with van der Waals surface area (Å²) in [6, 6.07) is 2.05. The Morgan fingerprint density at radius 3 is 2.30 bits per heavy atom. The second kappa shape index (κ2) is 8.64. The number of hydrogen-bond acceptors (Lipinski definition) is 6. The SMILES string of the molecule is Cc1ccc(C(F)(F)F)cc1Nc1nc(C(=O)NS(=O)(=O)N(C(C)C)C(C)C)co1. The molecule has 2 N–H and O–H groups in total. The van der Waals surface area contributed by atoms with Gasteiger partial charge in [-0.1, -0.05) is 6.07 Å². The van der Waals surface area contributed by atoms with Crippen LogP contribution in [-0.4, -0.2) is 35.7 Å². The quantitative estimate of drug-likeness (QED) is 0.667. The van der Waals surface area contributed by atoms with Gasteiger partial charge in [-0.3, -0.25) is 4.79 Å². The third-order valence-electron chi connectivity index (χ3n) is 4.06. The summed E-state index contributed by atoms with van der Waals surface area (Å²) in [7, 11) is -4.14. The summed E-state index contributed by atoms with van der Waals surface area (Å²) >= 11 is 0. The van der Waals surface area contributed by atoms with E-state index in [-0.39, 0.29) is 17.4 Å². The number of aromatic nitrogens is 1. The lowest BCUT2D eigenvalue weighted by Crippen LogP contribution is -2.49. The monoisotopic (exact) mass is 448 g/mol. The maximum absolute atomic E-state index is 12.9. The molecule has 1 amide bonds. The van der Waals surface area contributed by atoms with E-state index >= 15 is 0 Å². The lowest BCUT2D eigenvalue weighted by atomic mass is 10.1. The van der Waals surface area contributed by atoms with Crippen LogP contribution in [0.4, 0.5) is 24.9 Å². The minimum Gasteiger partial charge on any atom is -0.431 e. The van der Waals surface area contributed by atoms with Crippen molar-refractivity contribution >= 4 is 27.8 Å². The van der Waals surface area contributed by atoms with Gasteiger partial charge in [0, 0.05) is 17.8 Å². The van der Waals surface area contributed by atoms with Crippen LogP contribution in [0.1, 0.15) is 49.3 Å². The Morgan fingerprint density at radius 1 is 1.17 bits per heavy atom. The summed E-state index contributed by atoms with van der Waals surface area (Å²) in [5.74, 6) is -1.03. The van der Waals surface area contributed by atoms with E-state index in [1.807, 2.05) is 4.72 Å². The number of carbonyl (C=O) groups excluding carboxylic acids is 1. The summed E-state index contributed by atoms with van der Waals surface area (Å²) < 4.78 is 71.8. The van der Waals surface area contributed by atoms with Gasteiger partial charge >= 0.3 is 16.4 Å². The van der Waals surface area contributed by atoms with Crippen LogP contribution in [0.2, 0.25) is 0 Å². The van der Waals surface area contributed by atoms with Crippen LogP contribution in [0, 0.1) is 6.92 Å². The van der Waals surface area contributed by atoms with Crippen LogP contribution >= 0.6 is 0 Å². The zero-order valence-corrected chi connectivity index (χ0v) is 17.9. The van der Waals surface area contributed by atoms with Crippen LogP contribution in [-0.2, 0) is 16.4 Å². The number of rotatable bonds is 7. The van der Waals surface area contributed by atoms with E-state index in [0.29, 0.717) is 5.56 Å². The van der Waals surface area contributed by atoms with Gasteiger partial charge in [0.15, 0.2) is 5.69 Å². The van der Waals surface area contributed by atoms with Crippen LogP contribution in [0.3, 0.4) is 0 Å². The minimum atomic E-state index is -4.53. The first-order valence-corrected chi connectivity index (χ1v) is 10.4. The summed E-state index contributed by atoms with van der Waals surface area (Å²) in [6.07, 6.45) is -3.62. The molecule has 30 heavy (non-hydrogen) atoms. The number of carbonyl (C=O) groups is 1. The number of alkyl halides is 3. The van der Waals surface area contributed by atoms with Crippen molar-refractivity contribution in [3.8, 4) is 0 Å². The molecule has 0 bridgehead atoms. The average Bonchev–Trinajstić information content (AvgIpc) is 3.03. The van der Waals surface area contributed by atoms with Gasteiger partial charge in [-0.25, -0.2) is 4.72 Å². The van der Waals surface area contributed by atoms with Crippen LogP contribution in [0.25, 0.3) is 0 Å². The van der Waals surface area contributed by atoms with Crippen molar-refractivity contribution in [1.29, 1.82) is 0 Å². The lowest BCUT2D eigenvalue weighted by molar-refractivity contribution is -0.137. The zero-order chi connectivity index (χ0) is 22.9. The van der Waals surface area contributed by atoms with Gasteiger partial charge in [0.25, 0.3) is 11.9 Å². The number of halogens is 3. The normalized spacial score (nSPS) is 12.6. The molecule has 166 valence electrons. The molecule has 0 saturated carbocycles. The van der Waals surface area contributed by atoms with E-state index in [1.54, 1.807) is 34.6 Å². The van der Waals surface area contributed by atoms with E-state index in [4.69, 9.17) is 4.42 Å². The predicted octanol–water partition coefficient (Wildman–Crippen LogP) is 3.84. The van der Waals surface area contributed by atoms with Gasteiger partial charge in [0.1, 0.15) is 6.26 Å². The fourth-order valence-corrected chi connectivity index (χ4v) is 4.41. The number of anilines is 2. The molecule has 0 spiro atoms. The third-order valence-corrected chi connectivity index (χ3v) is 5.90. The predicted molar refractivity (Wildman–Crippen MR) is 104 cm³/mol. The maximum Gasteiger partial charge on any atom is 0.416 e. The first-order chi connectivity index (χ1) is 13.7. The first kappa shape index (κ1) is 23.7. The molecule has 8 nitrogen and oxygen atoms in total. The Labute approximate surface area is 172 Å². The highest BCUT2D eigenvalue weighted by Gasteiger charge is 2.32. The second-order valence-corrected chi connectivity index (χ2v) is 8.72. The lowest BCUT2D eigenvalue weighted by Gasteiger charge is -2.29. The summed E-state index contributed by atoms with van der Waals surface area (Å²) in [5.41, 5.74) is -0.650. The van der Waals surface area contributed by atoms with Crippen LogP contribution < -0.4 is 10.0 Å². The minimum absolute atomic E-state index is 0.0806. The van der Waals surface area contributed by atoms with Crippen molar-refractivity contribution < 1.29 is 30.8 Å². The topological polar surface area (TPSA) is 105 Å². The smallest absolute Gasteiger partial charge is 0.416 e. The molecule has 12 heteroatoms. The number of amides is 1. The molecule has 1 aromatic carbocycles. The highest BCUT2D eigenvalue weighted by molar-refractivity contribution is 7.87. The van der Waals surface area contributed by atoms with E-state index in [2.05, 4.69) is 10.3 Å². The highest BCUT2D eigenvalue weighted by atomic mass is 32.2. The first-order valence-electron chi connectivity index (χ1n) is 8.98. The number of oxazole rings is 1. The number of nitrogens with zero attached hydrogens (tertiary/aromatic N) is 2. The van der Waals surface area contributed by atoms with E-state index in [1.165, 1.54) is 6.07 Å². The molecule has 1 heterocycles. The Kier molecular flexibility index (Phi) is 6.82. The van der Waals surface area contributed by atoms with Crippen LogP contribution in [0.5, 0.6) is 0 Å². The van der Waals surface area contributed by atoms with E-state index in [9.17, 15) is 26.4 Å². The molecular formula is C18H23F3N4O4S. The molecule has 0 atom stereocenters. The van der Waals surface area contributed by atoms with Gasteiger partial charge in [-0.2, -0.15) is 30.9 Å². The molecule has 0 unspecified atom stereocenters.